The molecule has 0 aliphatic carbocycles. The summed E-state index contributed by atoms with van der Waals surface area (Å²) in [6, 6.07) is 5.09. The van der Waals surface area contributed by atoms with Crippen molar-refractivity contribution in [2.75, 3.05) is 52.4 Å². The zero-order valence-corrected chi connectivity index (χ0v) is 34.8. The molecular formula is C50H74N4. The lowest BCUT2D eigenvalue weighted by Crippen LogP contribution is -2.22. The summed E-state index contributed by atoms with van der Waals surface area (Å²) >= 11 is 0. The lowest BCUT2D eigenvalue weighted by atomic mass is 9.83. The number of hydrogen-bond donors (Lipinski definition) is 0. The third-order valence-electron chi connectivity index (χ3n) is 11.6. The topological polar surface area (TPSA) is 13.0 Å². The van der Waals surface area contributed by atoms with Gasteiger partial charge in [-0.15, -0.1) is 0 Å². The van der Waals surface area contributed by atoms with E-state index < -0.39 is 0 Å². The maximum atomic E-state index is 2.54. The molecule has 0 radical (unpaired) electrons. The smallest absolute Gasteiger partial charge is 0.0363 e. The van der Waals surface area contributed by atoms with Gasteiger partial charge in [-0.05, 0) is 131 Å². The summed E-state index contributed by atoms with van der Waals surface area (Å²) in [5.74, 6) is 0. The highest BCUT2D eigenvalue weighted by molar-refractivity contribution is 5.95. The van der Waals surface area contributed by atoms with E-state index in [4.69, 9.17) is 0 Å². The van der Waals surface area contributed by atoms with E-state index in [0.29, 0.717) is 0 Å². The van der Waals surface area contributed by atoms with Crippen LogP contribution in [0.2, 0.25) is 0 Å². The van der Waals surface area contributed by atoms with Crippen LogP contribution in [0.15, 0.2) is 85.5 Å². The van der Waals surface area contributed by atoms with Crippen LogP contribution in [0.4, 0.5) is 0 Å². The Morgan fingerprint density at radius 3 is 0.759 bits per heavy atom. The number of allylic oxidation sites excluding steroid dienone is 8. The molecular weight excluding hydrogens is 657 g/mol. The molecule has 4 nitrogen and oxygen atoms in total. The Morgan fingerprint density at radius 1 is 0.333 bits per heavy atom. The molecule has 0 amide bonds. The average Bonchev–Trinajstić information content (AvgIpc) is 3.22. The monoisotopic (exact) mass is 731 g/mol. The van der Waals surface area contributed by atoms with E-state index in [1.165, 1.54) is 147 Å². The molecule has 0 aromatic heterocycles. The number of nitrogens with zero attached hydrogens (tertiary/aromatic N) is 4. The minimum absolute atomic E-state index is 0.979. The highest BCUT2D eigenvalue weighted by atomic mass is 15.1. The Kier molecular flexibility index (Phi) is 17.9. The van der Waals surface area contributed by atoms with E-state index in [-0.39, 0.29) is 0 Å². The largest absolute Gasteiger partial charge is 0.374 e. The molecule has 4 aliphatic heterocycles. The van der Waals surface area contributed by atoms with Crippen molar-refractivity contribution >= 4 is 22.3 Å². The predicted octanol–water partition coefficient (Wildman–Crippen LogP) is 12.9. The van der Waals surface area contributed by atoms with Gasteiger partial charge in [0.1, 0.15) is 0 Å². The first kappa shape index (κ1) is 41.5. The van der Waals surface area contributed by atoms with Crippen molar-refractivity contribution in [2.45, 2.75) is 130 Å². The summed E-state index contributed by atoms with van der Waals surface area (Å²) in [6.07, 6.45) is 49.8. The van der Waals surface area contributed by atoms with Crippen molar-refractivity contribution in [3.8, 4) is 0 Å². The standard InChI is InChI=1S/C50H74N4/c1-5-9-13-17-29-51-33-21-43(22-34-51)47-41-49(45-25-37-53(38-26-45)31-19-15-11-7-3)50(46-27-39-54(40-28-46)32-20-16-12-8-4)42-48(47)44-23-35-52(36-24-44)30-18-14-10-6-2/h21-28,33,35,37,39,41-42H,5-20,29-32,34,36,38,40H2,1-4H3. The zero-order valence-electron chi connectivity index (χ0n) is 34.8. The Labute approximate surface area is 331 Å². The van der Waals surface area contributed by atoms with E-state index in [2.05, 4.69) is 133 Å². The molecule has 54 heavy (non-hydrogen) atoms. The van der Waals surface area contributed by atoms with Gasteiger partial charge in [-0.3, -0.25) is 0 Å². The van der Waals surface area contributed by atoms with Gasteiger partial charge in [-0.25, -0.2) is 0 Å². The lowest BCUT2D eigenvalue weighted by molar-refractivity contribution is 0.394. The molecule has 0 saturated heterocycles. The molecule has 0 fully saturated rings. The number of rotatable bonds is 24. The van der Waals surface area contributed by atoms with Crippen LogP contribution < -0.4 is 0 Å². The van der Waals surface area contributed by atoms with Crippen molar-refractivity contribution in [1.82, 2.24) is 19.6 Å². The van der Waals surface area contributed by atoms with Gasteiger partial charge in [0.2, 0.25) is 0 Å². The zero-order chi connectivity index (χ0) is 37.8. The highest BCUT2D eigenvalue weighted by Gasteiger charge is 2.22. The maximum Gasteiger partial charge on any atom is 0.0363 e. The van der Waals surface area contributed by atoms with E-state index >= 15 is 0 Å². The van der Waals surface area contributed by atoms with Gasteiger partial charge in [0.15, 0.2) is 0 Å². The summed E-state index contributed by atoms with van der Waals surface area (Å²) in [5.41, 5.74) is 10.8. The van der Waals surface area contributed by atoms with E-state index in [0.717, 1.165) is 52.4 Å². The predicted molar refractivity (Wildman–Crippen MR) is 238 cm³/mol. The molecule has 1 aromatic carbocycles. The summed E-state index contributed by atoms with van der Waals surface area (Å²) in [6.45, 7) is 17.7. The fourth-order valence-corrected chi connectivity index (χ4v) is 8.10. The highest BCUT2D eigenvalue weighted by Crippen LogP contribution is 2.39. The second-order valence-electron chi connectivity index (χ2n) is 16.1. The SMILES string of the molecule is CCCCCCN1C=CC(c2cc(C3=CCN(CCCCCC)C=C3)c(C3=CCN(CCCCCC)C=C3)cc2C2=CCN(CCCCCC)C=C2)=CC1. The summed E-state index contributed by atoms with van der Waals surface area (Å²) < 4.78 is 0. The third-order valence-corrected chi connectivity index (χ3v) is 11.6. The molecule has 0 N–H and O–H groups in total. The molecule has 0 unspecified atom stereocenters. The van der Waals surface area contributed by atoms with Gasteiger partial charge in [-0.2, -0.15) is 0 Å². The van der Waals surface area contributed by atoms with E-state index in [1.54, 1.807) is 0 Å². The first-order valence-electron chi connectivity index (χ1n) is 22.3. The molecule has 4 heterocycles. The Morgan fingerprint density at radius 2 is 0.574 bits per heavy atom. The van der Waals surface area contributed by atoms with Crippen LogP contribution in [0.25, 0.3) is 22.3 Å². The van der Waals surface area contributed by atoms with Gasteiger partial charge >= 0.3 is 0 Å². The van der Waals surface area contributed by atoms with Gasteiger partial charge in [0.05, 0.1) is 0 Å². The Balaban J connectivity index is 1.47. The number of unbranched alkanes of at least 4 members (excludes halogenated alkanes) is 12. The minimum Gasteiger partial charge on any atom is -0.374 e. The Hall–Kier alpha value is -3.66. The van der Waals surface area contributed by atoms with E-state index in [1.807, 2.05) is 0 Å². The van der Waals surface area contributed by atoms with Crippen molar-refractivity contribution < 1.29 is 0 Å². The van der Waals surface area contributed by atoms with Crippen LogP contribution in [-0.4, -0.2) is 72.0 Å². The molecule has 0 saturated carbocycles. The van der Waals surface area contributed by atoms with E-state index in [9.17, 15) is 0 Å². The molecule has 4 heteroatoms. The van der Waals surface area contributed by atoms with Crippen LogP contribution in [0.3, 0.4) is 0 Å². The van der Waals surface area contributed by atoms with Gasteiger partial charge in [0.25, 0.3) is 0 Å². The van der Waals surface area contributed by atoms with Gasteiger partial charge in [0, 0.05) is 52.4 Å². The maximum absolute atomic E-state index is 2.54. The van der Waals surface area contributed by atoms with Crippen molar-refractivity contribution in [3.05, 3.63) is 108 Å². The molecule has 1 aromatic rings. The third kappa shape index (κ3) is 12.7. The second kappa shape index (κ2) is 23.3. The van der Waals surface area contributed by atoms with Crippen molar-refractivity contribution in [1.29, 1.82) is 0 Å². The lowest BCUT2D eigenvalue weighted by Gasteiger charge is -2.28. The molecule has 294 valence electrons. The number of benzene rings is 1. The molecule has 4 aliphatic rings. The van der Waals surface area contributed by atoms with Crippen LogP contribution >= 0.6 is 0 Å². The minimum atomic E-state index is 0.979. The second-order valence-corrected chi connectivity index (χ2v) is 16.1. The van der Waals surface area contributed by atoms with Crippen molar-refractivity contribution in [3.63, 3.8) is 0 Å². The van der Waals surface area contributed by atoms with Gasteiger partial charge in [-0.1, -0.05) is 129 Å². The Bertz CT molecular complexity index is 1320. The fourth-order valence-electron chi connectivity index (χ4n) is 8.10. The first-order valence-corrected chi connectivity index (χ1v) is 22.3. The number of hydrogen-bond acceptors (Lipinski definition) is 4. The normalized spacial score (nSPS) is 17.0. The summed E-state index contributed by atoms with van der Waals surface area (Å²) in [5, 5.41) is 0. The fraction of sp³-hybridized carbons (Fsp3) is 0.560. The molecule has 0 atom stereocenters. The van der Waals surface area contributed by atoms with Crippen LogP contribution in [-0.2, 0) is 0 Å². The summed E-state index contributed by atoms with van der Waals surface area (Å²) in [7, 11) is 0. The van der Waals surface area contributed by atoms with Crippen molar-refractivity contribution in [2.24, 2.45) is 0 Å². The van der Waals surface area contributed by atoms with Crippen LogP contribution in [0.1, 0.15) is 153 Å². The summed E-state index contributed by atoms with van der Waals surface area (Å²) in [4.78, 5) is 9.99. The van der Waals surface area contributed by atoms with Crippen LogP contribution in [0, 0.1) is 0 Å². The first-order chi connectivity index (χ1) is 26.6. The quantitative estimate of drug-likeness (QED) is 0.0982. The molecule has 5 rings (SSSR count). The van der Waals surface area contributed by atoms with Gasteiger partial charge < -0.3 is 19.6 Å². The molecule has 0 spiro atoms. The molecule has 0 bridgehead atoms. The average molecular weight is 731 g/mol. The van der Waals surface area contributed by atoms with Crippen LogP contribution in [0.5, 0.6) is 0 Å².